The Morgan fingerprint density at radius 2 is 2.25 bits per heavy atom. The first-order valence-corrected chi connectivity index (χ1v) is 3.06. The van der Waals surface area contributed by atoms with Gasteiger partial charge in [0, 0.05) is 6.08 Å². The molecule has 0 saturated heterocycles. The zero-order valence-electron chi connectivity index (χ0n) is 4.00. The summed E-state index contributed by atoms with van der Waals surface area (Å²) in [6.07, 6.45) is 0.858. The van der Waals surface area contributed by atoms with Crippen LogP contribution in [0.2, 0.25) is 0 Å². The Kier molecular flexibility index (Phi) is 3.09. The van der Waals surface area contributed by atoms with E-state index in [1.54, 1.807) is 0 Å². The molecule has 0 amide bonds. The summed E-state index contributed by atoms with van der Waals surface area (Å²) >= 11 is 0. The first-order chi connectivity index (χ1) is 3.66. The molecule has 4 nitrogen and oxygen atoms in total. The maximum Gasteiger partial charge on any atom is 0.652 e. The summed E-state index contributed by atoms with van der Waals surface area (Å²) in [7, 11) is -2.87. The average Bonchev–Trinajstić information content (AvgIpc) is 1.65. The molecule has 0 heterocycles. The van der Waals surface area contributed by atoms with Gasteiger partial charge in [-0.25, -0.2) is 4.79 Å². The minimum absolute atomic E-state index is 0.816. The molecule has 0 fully saturated rings. The van der Waals surface area contributed by atoms with Crippen molar-refractivity contribution >= 4 is 15.5 Å². The topological polar surface area (TPSA) is 66.8 Å². The summed E-state index contributed by atoms with van der Waals surface area (Å²) in [5.74, 6) is -0.816. The summed E-state index contributed by atoms with van der Waals surface area (Å²) in [6, 6.07) is 0. The fourth-order valence-corrected chi connectivity index (χ4v) is 0.395. The van der Waals surface area contributed by atoms with Crippen LogP contribution >= 0.6 is 0 Å². The van der Waals surface area contributed by atoms with Crippen LogP contribution in [-0.4, -0.2) is 25.1 Å². The fourth-order valence-electron chi connectivity index (χ4n) is 0.132. The van der Waals surface area contributed by atoms with E-state index in [1.807, 2.05) is 0 Å². The van der Waals surface area contributed by atoms with Crippen LogP contribution in [0.4, 0.5) is 0 Å². The van der Waals surface area contributed by atoms with Crippen molar-refractivity contribution in [3.05, 3.63) is 12.7 Å². The molecule has 0 unspecified atom stereocenters. The minimum atomic E-state index is -2.87. The van der Waals surface area contributed by atoms with E-state index in [0.717, 1.165) is 6.08 Å². The number of carbonyl (C=O) groups is 1. The fraction of sp³-hybridized carbons (Fsp3) is 0. The highest BCUT2D eigenvalue weighted by atomic mass is 28.3. The number of carbonyl (C=O) groups excluding carboxylic acids is 1. The molecule has 0 saturated carbocycles. The van der Waals surface area contributed by atoms with Crippen LogP contribution in [0, 0.1) is 0 Å². The van der Waals surface area contributed by atoms with Gasteiger partial charge in [0.15, 0.2) is 0 Å². The van der Waals surface area contributed by atoms with Gasteiger partial charge >= 0.3 is 15.5 Å². The molecule has 8 heavy (non-hydrogen) atoms. The van der Waals surface area contributed by atoms with Gasteiger partial charge in [-0.05, 0) is 0 Å². The molecular formula is C3H5O4Si. The van der Waals surface area contributed by atoms with E-state index < -0.39 is 15.5 Å². The molecule has 0 aliphatic rings. The Labute approximate surface area is 48.0 Å². The molecule has 1 radical (unpaired) electrons. The Balaban J connectivity index is 3.39. The third-order valence-electron chi connectivity index (χ3n) is 0.359. The maximum atomic E-state index is 9.99. The van der Waals surface area contributed by atoms with Crippen molar-refractivity contribution in [2.24, 2.45) is 0 Å². The molecule has 0 aromatic heterocycles. The monoisotopic (exact) mass is 133 g/mol. The summed E-state index contributed by atoms with van der Waals surface area (Å²) in [5, 5.41) is 0. The lowest BCUT2D eigenvalue weighted by atomic mass is 10.7. The Hall–Kier alpha value is -0.653. The Morgan fingerprint density at radius 1 is 1.75 bits per heavy atom. The van der Waals surface area contributed by atoms with Crippen LogP contribution in [0.15, 0.2) is 12.7 Å². The zero-order valence-corrected chi connectivity index (χ0v) is 5.00. The van der Waals surface area contributed by atoms with Crippen LogP contribution in [0.5, 0.6) is 0 Å². The summed E-state index contributed by atoms with van der Waals surface area (Å²) in [4.78, 5) is 26.0. The van der Waals surface area contributed by atoms with Gasteiger partial charge in [0.05, 0.1) is 0 Å². The Morgan fingerprint density at radius 3 is 2.38 bits per heavy atom. The van der Waals surface area contributed by atoms with Gasteiger partial charge in [-0.3, -0.25) is 0 Å². The van der Waals surface area contributed by atoms with Gasteiger partial charge in [0.2, 0.25) is 0 Å². The number of rotatable bonds is 2. The van der Waals surface area contributed by atoms with Gasteiger partial charge in [-0.2, -0.15) is 0 Å². The van der Waals surface area contributed by atoms with Gasteiger partial charge in [-0.15, -0.1) is 0 Å². The van der Waals surface area contributed by atoms with Crippen molar-refractivity contribution in [2.75, 3.05) is 0 Å². The smallest absolute Gasteiger partial charge is 0.467 e. The van der Waals surface area contributed by atoms with Crippen LogP contribution in [0.3, 0.4) is 0 Å². The van der Waals surface area contributed by atoms with E-state index in [9.17, 15) is 4.79 Å². The Bertz CT molecular complexity index is 99.5. The molecule has 0 aromatic rings. The third-order valence-corrected chi connectivity index (χ3v) is 0.742. The molecule has 5 heteroatoms. The van der Waals surface area contributed by atoms with Gasteiger partial charge in [0.1, 0.15) is 0 Å². The molecule has 0 rings (SSSR count). The van der Waals surface area contributed by atoms with Crippen LogP contribution in [0.25, 0.3) is 0 Å². The molecule has 45 valence electrons. The predicted octanol–water partition coefficient (Wildman–Crippen LogP) is -1.31. The van der Waals surface area contributed by atoms with Crippen molar-refractivity contribution < 1.29 is 18.8 Å². The normalized spacial score (nSPS) is 8.88. The second-order valence-electron chi connectivity index (χ2n) is 0.908. The van der Waals surface area contributed by atoms with Crippen molar-refractivity contribution in [1.29, 1.82) is 0 Å². The van der Waals surface area contributed by atoms with Crippen molar-refractivity contribution in [3.63, 3.8) is 0 Å². The van der Waals surface area contributed by atoms with Crippen LogP contribution < -0.4 is 0 Å². The van der Waals surface area contributed by atoms with Gasteiger partial charge < -0.3 is 14.0 Å². The summed E-state index contributed by atoms with van der Waals surface area (Å²) < 4.78 is 3.86. The zero-order chi connectivity index (χ0) is 6.57. The average molecular weight is 133 g/mol. The highest BCUT2D eigenvalue weighted by molar-refractivity contribution is 6.36. The molecule has 0 spiro atoms. The third kappa shape index (κ3) is 3.53. The van der Waals surface area contributed by atoms with Crippen molar-refractivity contribution in [3.8, 4) is 0 Å². The van der Waals surface area contributed by atoms with E-state index >= 15 is 0 Å². The first-order valence-electron chi connectivity index (χ1n) is 1.76. The van der Waals surface area contributed by atoms with E-state index in [-0.39, 0.29) is 0 Å². The molecule has 0 aliphatic heterocycles. The van der Waals surface area contributed by atoms with Crippen molar-refractivity contribution in [2.45, 2.75) is 0 Å². The molecule has 0 aliphatic carbocycles. The number of hydrogen-bond acceptors (Lipinski definition) is 4. The van der Waals surface area contributed by atoms with E-state index in [4.69, 9.17) is 9.59 Å². The quantitative estimate of drug-likeness (QED) is 0.362. The van der Waals surface area contributed by atoms with Crippen LogP contribution in [-0.2, 0) is 9.22 Å². The van der Waals surface area contributed by atoms with E-state index in [2.05, 4.69) is 11.0 Å². The molecule has 0 atom stereocenters. The van der Waals surface area contributed by atoms with Gasteiger partial charge in [0.25, 0.3) is 0 Å². The minimum Gasteiger partial charge on any atom is -0.467 e. The predicted molar refractivity (Wildman–Crippen MR) is 26.5 cm³/mol. The van der Waals surface area contributed by atoms with Gasteiger partial charge in [-0.1, -0.05) is 6.58 Å². The maximum absolute atomic E-state index is 9.99. The van der Waals surface area contributed by atoms with E-state index in [1.165, 1.54) is 0 Å². The highest BCUT2D eigenvalue weighted by Crippen LogP contribution is 1.77. The highest BCUT2D eigenvalue weighted by Gasteiger charge is 2.10. The molecule has 2 N–H and O–H groups in total. The SMILES string of the molecule is C=CC(=O)O[Si](O)O. The largest absolute Gasteiger partial charge is 0.652 e. The second-order valence-corrected chi connectivity index (χ2v) is 1.68. The standard InChI is InChI=1S/C3H5O4Si/c1-2-3(4)7-8(5)6/h2,5-6H,1H2. The lowest BCUT2D eigenvalue weighted by Crippen LogP contribution is -2.20. The first kappa shape index (κ1) is 7.35. The molecule has 0 aromatic carbocycles. The van der Waals surface area contributed by atoms with E-state index in [0.29, 0.717) is 0 Å². The summed E-state index contributed by atoms with van der Waals surface area (Å²) in [5.41, 5.74) is 0. The second kappa shape index (κ2) is 3.36. The summed E-state index contributed by atoms with van der Waals surface area (Å²) in [6.45, 7) is 3.03. The molecular weight excluding hydrogens is 128 g/mol. The molecule has 0 bridgehead atoms. The van der Waals surface area contributed by atoms with Crippen molar-refractivity contribution in [1.82, 2.24) is 0 Å². The number of hydrogen-bond donors (Lipinski definition) is 2. The lowest BCUT2D eigenvalue weighted by molar-refractivity contribution is -0.131. The lowest BCUT2D eigenvalue weighted by Gasteiger charge is -1.95. The van der Waals surface area contributed by atoms with Crippen LogP contribution in [0.1, 0.15) is 0 Å².